The Morgan fingerprint density at radius 3 is 2.85 bits per heavy atom. The predicted octanol–water partition coefficient (Wildman–Crippen LogP) is 3.35. The second kappa shape index (κ2) is 6.68. The number of hydrogen-bond donors (Lipinski definition) is 3. The standard InChI is InChI=1S/C18H23N7S/c1-10-5-4-6-25(10)15-9-12(21-18(20-2)22-15)11-7-13-16(14(8-11)26-3)17(19)24-23-13/h7-10H,4-6H2,1-3H3,(H3,19,23,24)(H,20,21,22). The van der Waals surface area contributed by atoms with Gasteiger partial charge in [0.1, 0.15) is 5.82 Å². The lowest BCUT2D eigenvalue weighted by molar-refractivity contribution is 0.726. The van der Waals surface area contributed by atoms with Crippen LogP contribution in [-0.4, -0.2) is 46.1 Å². The summed E-state index contributed by atoms with van der Waals surface area (Å²) < 4.78 is 0. The van der Waals surface area contributed by atoms with Crippen LogP contribution in [0.3, 0.4) is 0 Å². The number of nitrogens with zero attached hydrogens (tertiary/aromatic N) is 4. The van der Waals surface area contributed by atoms with Crippen molar-refractivity contribution in [2.24, 2.45) is 0 Å². The highest BCUT2D eigenvalue weighted by molar-refractivity contribution is 7.98. The van der Waals surface area contributed by atoms with Crippen molar-refractivity contribution >= 4 is 40.2 Å². The lowest BCUT2D eigenvalue weighted by Crippen LogP contribution is -2.27. The van der Waals surface area contributed by atoms with E-state index >= 15 is 0 Å². The molecular formula is C18H23N7S. The average Bonchev–Trinajstić information content (AvgIpc) is 3.26. The zero-order chi connectivity index (χ0) is 18.3. The molecule has 136 valence electrons. The third kappa shape index (κ3) is 2.84. The topological polar surface area (TPSA) is 95.8 Å². The predicted molar refractivity (Wildman–Crippen MR) is 109 cm³/mol. The van der Waals surface area contributed by atoms with Crippen molar-refractivity contribution in [1.82, 2.24) is 20.2 Å². The van der Waals surface area contributed by atoms with Crippen LogP contribution in [0.15, 0.2) is 23.1 Å². The van der Waals surface area contributed by atoms with Crippen LogP contribution in [0.5, 0.6) is 0 Å². The van der Waals surface area contributed by atoms with Crippen LogP contribution in [0.1, 0.15) is 19.8 Å². The second-order valence-electron chi connectivity index (χ2n) is 6.58. The quantitative estimate of drug-likeness (QED) is 0.607. The fraction of sp³-hybridized carbons (Fsp3) is 0.389. The van der Waals surface area contributed by atoms with E-state index in [1.54, 1.807) is 11.8 Å². The Hall–Kier alpha value is -2.48. The molecule has 7 nitrogen and oxygen atoms in total. The van der Waals surface area contributed by atoms with E-state index in [0.29, 0.717) is 17.8 Å². The molecule has 8 heteroatoms. The van der Waals surface area contributed by atoms with Crippen LogP contribution in [-0.2, 0) is 0 Å². The zero-order valence-corrected chi connectivity index (χ0v) is 16.0. The molecule has 0 amide bonds. The molecule has 1 aliphatic rings. The van der Waals surface area contributed by atoms with Crippen LogP contribution in [0, 0.1) is 0 Å². The summed E-state index contributed by atoms with van der Waals surface area (Å²) in [4.78, 5) is 12.8. The van der Waals surface area contributed by atoms with Gasteiger partial charge in [0.25, 0.3) is 0 Å². The van der Waals surface area contributed by atoms with E-state index in [1.165, 1.54) is 12.8 Å². The summed E-state index contributed by atoms with van der Waals surface area (Å²) in [5.41, 5.74) is 8.85. The Morgan fingerprint density at radius 2 is 2.15 bits per heavy atom. The van der Waals surface area contributed by atoms with Gasteiger partial charge in [0.15, 0.2) is 5.82 Å². The van der Waals surface area contributed by atoms with Gasteiger partial charge in [-0.25, -0.2) is 4.98 Å². The van der Waals surface area contributed by atoms with Crippen molar-refractivity contribution < 1.29 is 0 Å². The third-order valence-electron chi connectivity index (χ3n) is 4.95. The van der Waals surface area contributed by atoms with Crippen molar-refractivity contribution in [3.63, 3.8) is 0 Å². The van der Waals surface area contributed by atoms with Gasteiger partial charge in [0.2, 0.25) is 5.95 Å². The lowest BCUT2D eigenvalue weighted by atomic mass is 10.1. The molecule has 3 aromatic rings. The maximum Gasteiger partial charge on any atom is 0.224 e. The van der Waals surface area contributed by atoms with Gasteiger partial charge in [-0.15, -0.1) is 11.8 Å². The van der Waals surface area contributed by atoms with Gasteiger partial charge in [-0.3, -0.25) is 5.10 Å². The third-order valence-corrected chi connectivity index (χ3v) is 5.72. The fourth-order valence-electron chi connectivity index (χ4n) is 3.57. The molecule has 26 heavy (non-hydrogen) atoms. The summed E-state index contributed by atoms with van der Waals surface area (Å²) >= 11 is 1.66. The van der Waals surface area contributed by atoms with Gasteiger partial charge in [0, 0.05) is 36.2 Å². The van der Waals surface area contributed by atoms with E-state index in [9.17, 15) is 0 Å². The number of fused-ring (bicyclic) bond motifs is 1. The highest BCUT2D eigenvalue weighted by Crippen LogP contribution is 2.35. The van der Waals surface area contributed by atoms with Gasteiger partial charge in [-0.2, -0.15) is 10.1 Å². The van der Waals surface area contributed by atoms with Gasteiger partial charge in [-0.1, -0.05) is 0 Å². The number of aromatic amines is 1. The Labute approximate surface area is 156 Å². The number of benzene rings is 1. The van der Waals surface area contributed by atoms with Crippen molar-refractivity contribution in [2.45, 2.75) is 30.7 Å². The average molecular weight is 369 g/mol. The summed E-state index contributed by atoms with van der Waals surface area (Å²) in [5, 5.41) is 11.2. The maximum atomic E-state index is 6.01. The molecule has 1 unspecified atom stereocenters. The van der Waals surface area contributed by atoms with Crippen LogP contribution in [0.2, 0.25) is 0 Å². The molecule has 1 atom stereocenters. The van der Waals surface area contributed by atoms with E-state index < -0.39 is 0 Å². The summed E-state index contributed by atoms with van der Waals surface area (Å²) in [7, 11) is 1.85. The van der Waals surface area contributed by atoms with Crippen LogP contribution in [0.25, 0.3) is 22.2 Å². The summed E-state index contributed by atoms with van der Waals surface area (Å²) in [6, 6.07) is 6.75. The first-order valence-electron chi connectivity index (χ1n) is 8.76. The van der Waals surface area contributed by atoms with Crippen LogP contribution < -0.4 is 16.0 Å². The number of nitrogens with one attached hydrogen (secondary N) is 2. The smallest absolute Gasteiger partial charge is 0.224 e. The Kier molecular flexibility index (Phi) is 4.36. The number of rotatable bonds is 4. The molecule has 0 spiro atoms. The van der Waals surface area contributed by atoms with Crippen molar-refractivity contribution in [2.75, 3.05) is 35.8 Å². The summed E-state index contributed by atoms with van der Waals surface area (Å²) in [6.07, 6.45) is 4.44. The first kappa shape index (κ1) is 17.0. The summed E-state index contributed by atoms with van der Waals surface area (Å²) in [6.45, 7) is 3.28. The van der Waals surface area contributed by atoms with Crippen molar-refractivity contribution in [3.05, 3.63) is 18.2 Å². The number of hydrogen-bond acceptors (Lipinski definition) is 7. The molecule has 4 N–H and O–H groups in total. The largest absolute Gasteiger partial charge is 0.382 e. The molecule has 2 aromatic heterocycles. The SMILES string of the molecule is CNc1nc(-c2cc(SC)c3c(N)n[nH]c3c2)cc(N2CCCC2C)n1. The number of aromatic nitrogens is 4. The van der Waals surface area contributed by atoms with Crippen molar-refractivity contribution in [3.8, 4) is 11.3 Å². The number of nitrogens with two attached hydrogens (primary N) is 1. The minimum Gasteiger partial charge on any atom is -0.382 e. The van der Waals surface area contributed by atoms with E-state index in [1.807, 2.05) is 13.3 Å². The molecule has 1 saturated heterocycles. The minimum absolute atomic E-state index is 0.499. The molecule has 1 aromatic carbocycles. The molecule has 4 rings (SSSR count). The molecule has 1 aliphatic heterocycles. The second-order valence-corrected chi connectivity index (χ2v) is 7.43. The molecule has 0 aliphatic carbocycles. The number of nitrogen functional groups attached to an aromatic ring is 1. The highest BCUT2D eigenvalue weighted by Gasteiger charge is 2.23. The van der Waals surface area contributed by atoms with Gasteiger partial charge in [0.05, 0.1) is 16.6 Å². The molecule has 0 radical (unpaired) electrons. The lowest BCUT2D eigenvalue weighted by Gasteiger charge is -2.23. The molecular weight excluding hydrogens is 346 g/mol. The number of anilines is 3. The van der Waals surface area contributed by atoms with E-state index in [2.05, 4.69) is 55.5 Å². The molecule has 3 heterocycles. The monoisotopic (exact) mass is 369 g/mol. The van der Waals surface area contributed by atoms with Crippen LogP contribution >= 0.6 is 11.8 Å². The van der Waals surface area contributed by atoms with Gasteiger partial charge in [-0.05, 0) is 38.2 Å². The van der Waals surface area contributed by atoms with Gasteiger partial charge < -0.3 is 16.0 Å². The van der Waals surface area contributed by atoms with Gasteiger partial charge >= 0.3 is 0 Å². The van der Waals surface area contributed by atoms with Crippen LogP contribution in [0.4, 0.5) is 17.6 Å². The Morgan fingerprint density at radius 1 is 1.31 bits per heavy atom. The number of thioether (sulfide) groups is 1. The molecule has 0 saturated carbocycles. The van der Waals surface area contributed by atoms with E-state index in [4.69, 9.17) is 5.73 Å². The van der Waals surface area contributed by atoms with E-state index in [0.717, 1.165) is 39.4 Å². The fourth-order valence-corrected chi connectivity index (χ4v) is 4.23. The normalized spacial score (nSPS) is 17.2. The first-order chi connectivity index (χ1) is 12.6. The Bertz CT molecular complexity index is 952. The molecule has 1 fully saturated rings. The minimum atomic E-state index is 0.499. The Balaban J connectivity index is 1.85. The highest BCUT2D eigenvalue weighted by atomic mass is 32.2. The maximum absolute atomic E-state index is 6.01. The first-order valence-corrected chi connectivity index (χ1v) is 9.98. The van der Waals surface area contributed by atoms with E-state index in [-0.39, 0.29) is 0 Å². The number of H-pyrrole nitrogens is 1. The summed E-state index contributed by atoms with van der Waals surface area (Å²) in [5.74, 6) is 2.13. The molecule has 0 bridgehead atoms. The zero-order valence-electron chi connectivity index (χ0n) is 15.2. The van der Waals surface area contributed by atoms with Crippen molar-refractivity contribution in [1.29, 1.82) is 0 Å².